The second-order valence-electron chi connectivity index (χ2n) is 3.22. The summed E-state index contributed by atoms with van der Waals surface area (Å²) in [4.78, 5) is 0. The molecule has 0 amide bonds. The molecular weight excluding hydrogens is 268 g/mol. The van der Waals surface area contributed by atoms with Crippen molar-refractivity contribution >= 4 is 32.6 Å². The molecule has 0 aromatic heterocycles. The Morgan fingerprint density at radius 3 is 2.25 bits per heavy atom. The average molecular weight is 289 g/mol. The van der Waals surface area contributed by atoms with Crippen LogP contribution in [0.25, 0.3) is 0 Å². The van der Waals surface area contributed by atoms with Crippen molar-refractivity contribution < 1.29 is 13.0 Å². The van der Waals surface area contributed by atoms with Crippen LogP contribution < -0.4 is 0 Å². The lowest BCUT2D eigenvalue weighted by Gasteiger charge is -2.03. The Hall–Kier alpha value is 0.290. The van der Waals surface area contributed by atoms with E-state index in [-0.39, 0.29) is 0 Å². The van der Waals surface area contributed by atoms with Gasteiger partial charge in [0.25, 0.3) is 0 Å². The molecular formula is C10H21ClO3S2. The Morgan fingerprint density at radius 1 is 1.44 bits per heavy atom. The molecule has 6 heteroatoms. The number of alkyl halides is 1. The summed E-state index contributed by atoms with van der Waals surface area (Å²) in [5.74, 6) is 4.48. The molecule has 0 aliphatic rings. The van der Waals surface area contributed by atoms with E-state index in [1.54, 1.807) is 0 Å². The standard InChI is InChI=1S/C9H18ClS.CH4O3S/c1-3-5-8-11(7-4-2)9-6-10;1-5(2,3)4/h4H,2-3,5-9H2,1H3;1H3,(H,2,3,4)/q+1;/p-1. The van der Waals surface area contributed by atoms with Gasteiger partial charge in [0.1, 0.15) is 17.3 Å². The third-order valence-corrected chi connectivity index (χ3v) is 4.27. The quantitative estimate of drug-likeness (QED) is 0.312. The van der Waals surface area contributed by atoms with Crippen molar-refractivity contribution in [3.05, 3.63) is 12.7 Å². The largest absolute Gasteiger partial charge is 0.748 e. The molecule has 0 radical (unpaired) electrons. The highest BCUT2D eigenvalue weighted by molar-refractivity contribution is 7.97. The number of unbranched alkanes of at least 4 members (excludes halogenated alkanes) is 1. The maximum atomic E-state index is 9.08. The zero-order valence-electron chi connectivity index (χ0n) is 9.95. The van der Waals surface area contributed by atoms with Gasteiger partial charge in [-0.15, -0.1) is 11.6 Å². The highest BCUT2D eigenvalue weighted by Gasteiger charge is 2.13. The third kappa shape index (κ3) is 23.8. The molecule has 0 aliphatic carbocycles. The first kappa shape index (κ1) is 18.6. The molecule has 0 bridgehead atoms. The van der Waals surface area contributed by atoms with Crippen LogP contribution in [-0.2, 0) is 21.0 Å². The Bertz CT molecular complexity index is 245. The van der Waals surface area contributed by atoms with Gasteiger partial charge in [0, 0.05) is 6.26 Å². The zero-order valence-corrected chi connectivity index (χ0v) is 12.3. The molecule has 1 unspecified atom stereocenters. The highest BCUT2D eigenvalue weighted by atomic mass is 35.5. The SMILES string of the molecule is C=CC[S+](CCCl)CCCC.CS(=O)(=O)[O-]. The topological polar surface area (TPSA) is 57.2 Å². The van der Waals surface area contributed by atoms with Crippen molar-refractivity contribution in [1.29, 1.82) is 0 Å². The Morgan fingerprint density at radius 2 is 1.94 bits per heavy atom. The molecule has 0 fully saturated rings. The lowest BCUT2D eigenvalue weighted by Crippen LogP contribution is -2.15. The van der Waals surface area contributed by atoms with Crippen molar-refractivity contribution in [2.24, 2.45) is 0 Å². The summed E-state index contributed by atoms with van der Waals surface area (Å²) in [6, 6.07) is 0. The Kier molecular flexibility index (Phi) is 13.7. The van der Waals surface area contributed by atoms with Crippen molar-refractivity contribution in [1.82, 2.24) is 0 Å². The van der Waals surface area contributed by atoms with Gasteiger partial charge in [0.2, 0.25) is 0 Å². The van der Waals surface area contributed by atoms with Gasteiger partial charge in [0.05, 0.1) is 16.0 Å². The maximum absolute atomic E-state index is 9.08. The normalized spacial score (nSPS) is 12.5. The molecule has 0 spiro atoms. The van der Waals surface area contributed by atoms with E-state index in [1.165, 1.54) is 24.3 Å². The summed E-state index contributed by atoms with van der Waals surface area (Å²) < 4.78 is 27.2. The predicted molar refractivity (Wildman–Crippen MR) is 73.4 cm³/mol. The van der Waals surface area contributed by atoms with Crippen LogP contribution in [0.3, 0.4) is 0 Å². The monoisotopic (exact) mass is 288 g/mol. The number of hydrogen-bond donors (Lipinski definition) is 0. The second-order valence-corrected chi connectivity index (χ2v) is 7.38. The van der Waals surface area contributed by atoms with Crippen LogP contribution in [-0.4, -0.2) is 42.4 Å². The molecule has 0 saturated heterocycles. The fourth-order valence-electron chi connectivity index (χ4n) is 0.893. The van der Waals surface area contributed by atoms with E-state index < -0.39 is 10.1 Å². The fraction of sp³-hybridized carbons (Fsp3) is 0.800. The van der Waals surface area contributed by atoms with Gasteiger partial charge < -0.3 is 4.55 Å². The summed E-state index contributed by atoms with van der Waals surface area (Å²) in [5.41, 5.74) is 0. The summed E-state index contributed by atoms with van der Waals surface area (Å²) in [6.07, 6.45) is 5.26. The summed E-state index contributed by atoms with van der Waals surface area (Å²) in [7, 11) is -3.39. The van der Waals surface area contributed by atoms with Gasteiger partial charge >= 0.3 is 0 Å². The zero-order chi connectivity index (χ0) is 13.0. The summed E-state index contributed by atoms with van der Waals surface area (Å²) in [5, 5.41) is 0. The first-order valence-electron chi connectivity index (χ1n) is 5.07. The van der Waals surface area contributed by atoms with Crippen molar-refractivity contribution in [3.63, 3.8) is 0 Å². The molecule has 3 nitrogen and oxygen atoms in total. The number of halogens is 1. The molecule has 16 heavy (non-hydrogen) atoms. The van der Waals surface area contributed by atoms with E-state index in [1.807, 2.05) is 6.08 Å². The Balaban J connectivity index is 0. The minimum Gasteiger partial charge on any atom is -0.748 e. The van der Waals surface area contributed by atoms with E-state index in [0.717, 1.165) is 11.6 Å². The van der Waals surface area contributed by atoms with Gasteiger partial charge in [-0.2, -0.15) is 0 Å². The third-order valence-electron chi connectivity index (χ3n) is 1.51. The van der Waals surface area contributed by atoms with Crippen LogP contribution in [0.15, 0.2) is 12.7 Å². The van der Waals surface area contributed by atoms with E-state index >= 15 is 0 Å². The van der Waals surface area contributed by atoms with Crippen LogP contribution in [0.2, 0.25) is 0 Å². The second kappa shape index (κ2) is 11.8. The van der Waals surface area contributed by atoms with Crippen LogP contribution in [0.4, 0.5) is 0 Å². The van der Waals surface area contributed by atoms with E-state index in [0.29, 0.717) is 17.2 Å². The van der Waals surface area contributed by atoms with Crippen LogP contribution in [0.5, 0.6) is 0 Å². The average Bonchev–Trinajstić information content (AvgIpc) is 2.12. The van der Waals surface area contributed by atoms with Crippen LogP contribution in [0.1, 0.15) is 19.8 Å². The van der Waals surface area contributed by atoms with E-state index in [4.69, 9.17) is 24.6 Å². The van der Waals surface area contributed by atoms with Gasteiger partial charge in [-0.25, -0.2) is 8.42 Å². The molecule has 0 N–H and O–H groups in total. The lowest BCUT2D eigenvalue weighted by atomic mass is 10.4. The lowest BCUT2D eigenvalue weighted by molar-refractivity contribution is 0.470. The first-order chi connectivity index (χ1) is 7.35. The van der Waals surface area contributed by atoms with Crippen LogP contribution in [0, 0.1) is 0 Å². The molecule has 98 valence electrons. The first-order valence-corrected chi connectivity index (χ1v) is 9.15. The predicted octanol–water partition coefficient (Wildman–Crippen LogP) is 1.99. The van der Waals surface area contributed by atoms with Crippen LogP contribution >= 0.6 is 11.6 Å². The van der Waals surface area contributed by atoms with Crippen molar-refractivity contribution in [3.8, 4) is 0 Å². The van der Waals surface area contributed by atoms with E-state index in [2.05, 4.69) is 13.5 Å². The van der Waals surface area contributed by atoms with Crippen molar-refractivity contribution in [2.45, 2.75) is 19.8 Å². The molecule has 0 rings (SSSR count). The molecule has 1 atom stereocenters. The minimum atomic E-state index is -3.92. The maximum Gasteiger partial charge on any atom is 0.126 e. The molecule has 0 saturated carbocycles. The minimum absolute atomic E-state index is 0.526. The number of hydrogen-bond acceptors (Lipinski definition) is 3. The van der Waals surface area contributed by atoms with Gasteiger partial charge in [0.15, 0.2) is 0 Å². The summed E-state index contributed by atoms with van der Waals surface area (Å²) in [6.45, 7) is 5.99. The van der Waals surface area contributed by atoms with Gasteiger partial charge in [-0.3, -0.25) is 0 Å². The number of rotatable bonds is 7. The van der Waals surface area contributed by atoms with E-state index in [9.17, 15) is 0 Å². The Labute approximate surface area is 107 Å². The molecule has 0 aromatic carbocycles. The van der Waals surface area contributed by atoms with Gasteiger partial charge in [-0.05, 0) is 23.4 Å². The molecule has 0 heterocycles. The molecule has 0 aliphatic heterocycles. The fourth-order valence-corrected chi connectivity index (χ4v) is 3.33. The smallest absolute Gasteiger partial charge is 0.126 e. The van der Waals surface area contributed by atoms with Gasteiger partial charge in [-0.1, -0.05) is 19.9 Å². The highest BCUT2D eigenvalue weighted by Crippen LogP contribution is 2.03. The molecule has 0 aromatic rings. The van der Waals surface area contributed by atoms with Crippen molar-refractivity contribution in [2.75, 3.05) is 29.4 Å². The summed E-state index contributed by atoms with van der Waals surface area (Å²) >= 11 is 5.68.